The van der Waals surface area contributed by atoms with Gasteiger partial charge >= 0.3 is 0 Å². The normalized spacial score (nSPS) is 32.2. The van der Waals surface area contributed by atoms with Crippen molar-refractivity contribution in [1.29, 1.82) is 0 Å². The highest BCUT2D eigenvalue weighted by atomic mass is 16.3. The van der Waals surface area contributed by atoms with Crippen molar-refractivity contribution in [2.24, 2.45) is 5.92 Å². The van der Waals surface area contributed by atoms with Gasteiger partial charge in [-0.3, -0.25) is 0 Å². The quantitative estimate of drug-likeness (QED) is 0.635. The van der Waals surface area contributed by atoms with Crippen molar-refractivity contribution in [3.63, 3.8) is 0 Å². The molecule has 12 heavy (non-hydrogen) atoms. The third-order valence-corrected chi connectivity index (χ3v) is 2.72. The maximum atomic E-state index is 9.57. The van der Waals surface area contributed by atoms with Gasteiger partial charge in [0, 0.05) is 19.6 Å². The molecular formula is C9H19NO2. The molecule has 72 valence electrons. The number of rotatable bonds is 3. The SMILES string of the molecule is CC[C@H]1CN(CCO)CC[C@@H]1O. The van der Waals surface area contributed by atoms with E-state index >= 15 is 0 Å². The van der Waals surface area contributed by atoms with Gasteiger partial charge in [-0.2, -0.15) is 0 Å². The summed E-state index contributed by atoms with van der Waals surface area (Å²) in [6, 6.07) is 0. The molecule has 1 aliphatic heterocycles. The minimum Gasteiger partial charge on any atom is -0.395 e. The fourth-order valence-corrected chi connectivity index (χ4v) is 1.84. The van der Waals surface area contributed by atoms with E-state index in [4.69, 9.17) is 5.11 Å². The lowest BCUT2D eigenvalue weighted by Crippen LogP contribution is -2.43. The third kappa shape index (κ3) is 2.44. The van der Waals surface area contributed by atoms with E-state index in [1.165, 1.54) is 0 Å². The summed E-state index contributed by atoms with van der Waals surface area (Å²) in [5.74, 6) is 0.408. The number of nitrogens with zero attached hydrogens (tertiary/aromatic N) is 1. The van der Waals surface area contributed by atoms with Crippen LogP contribution < -0.4 is 0 Å². The Hall–Kier alpha value is -0.120. The Morgan fingerprint density at radius 3 is 2.83 bits per heavy atom. The average Bonchev–Trinajstić information content (AvgIpc) is 2.09. The van der Waals surface area contributed by atoms with Crippen LogP contribution in [0.2, 0.25) is 0 Å². The molecule has 1 saturated heterocycles. The van der Waals surface area contributed by atoms with Crippen LogP contribution in [0.25, 0.3) is 0 Å². The first-order chi connectivity index (χ1) is 5.77. The van der Waals surface area contributed by atoms with Crippen LogP contribution in [0, 0.1) is 5.92 Å². The molecule has 2 N–H and O–H groups in total. The van der Waals surface area contributed by atoms with Crippen molar-refractivity contribution in [2.45, 2.75) is 25.9 Å². The fourth-order valence-electron chi connectivity index (χ4n) is 1.84. The van der Waals surface area contributed by atoms with E-state index in [0.717, 1.165) is 32.5 Å². The first-order valence-corrected chi connectivity index (χ1v) is 4.79. The van der Waals surface area contributed by atoms with Gasteiger partial charge in [-0.15, -0.1) is 0 Å². The molecule has 0 spiro atoms. The van der Waals surface area contributed by atoms with Gasteiger partial charge in [0.25, 0.3) is 0 Å². The van der Waals surface area contributed by atoms with Crippen molar-refractivity contribution < 1.29 is 10.2 Å². The maximum absolute atomic E-state index is 9.57. The molecule has 1 heterocycles. The number of aliphatic hydroxyl groups excluding tert-OH is 2. The van der Waals surface area contributed by atoms with Gasteiger partial charge in [0.2, 0.25) is 0 Å². The van der Waals surface area contributed by atoms with E-state index in [9.17, 15) is 5.11 Å². The van der Waals surface area contributed by atoms with E-state index < -0.39 is 0 Å². The molecule has 0 saturated carbocycles. The number of hydrogen-bond acceptors (Lipinski definition) is 3. The highest BCUT2D eigenvalue weighted by Crippen LogP contribution is 2.19. The monoisotopic (exact) mass is 173 g/mol. The summed E-state index contributed by atoms with van der Waals surface area (Å²) in [5, 5.41) is 18.3. The van der Waals surface area contributed by atoms with Gasteiger partial charge in [0.1, 0.15) is 0 Å². The Kier molecular flexibility index (Phi) is 3.98. The first-order valence-electron chi connectivity index (χ1n) is 4.79. The molecule has 3 heteroatoms. The molecule has 0 aromatic heterocycles. The smallest absolute Gasteiger partial charge is 0.0592 e. The van der Waals surface area contributed by atoms with Crippen LogP contribution in [0.5, 0.6) is 0 Å². The molecule has 3 nitrogen and oxygen atoms in total. The number of β-amino-alcohol motifs (C(OH)–C–C–N with tert-alkyl or cyclic N) is 1. The predicted octanol–water partition coefficient (Wildman–Crippen LogP) is 0.0715. The van der Waals surface area contributed by atoms with Gasteiger partial charge < -0.3 is 15.1 Å². The highest BCUT2D eigenvalue weighted by Gasteiger charge is 2.25. The molecule has 1 aliphatic rings. The fraction of sp³-hybridized carbons (Fsp3) is 1.00. The Bertz CT molecular complexity index is 130. The molecule has 1 rings (SSSR count). The molecule has 2 atom stereocenters. The number of likely N-dealkylation sites (tertiary alicyclic amines) is 1. The van der Waals surface area contributed by atoms with Crippen LogP contribution in [0.3, 0.4) is 0 Å². The summed E-state index contributed by atoms with van der Waals surface area (Å²) < 4.78 is 0. The first kappa shape index (κ1) is 9.96. The lowest BCUT2D eigenvalue weighted by molar-refractivity contribution is 0.0196. The second-order valence-electron chi connectivity index (χ2n) is 3.55. The third-order valence-electron chi connectivity index (χ3n) is 2.72. The van der Waals surface area contributed by atoms with Crippen molar-refractivity contribution >= 4 is 0 Å². The Balaban J connectivity index is 2.33. The van der Waals surface area contributed by atoms with Gasteiger partial charge in [0.05, 0.1) is 12.7 Å². The van der Waals surface area contributed by atoms with Crippen LogP contribution in [0.4, 0.5) is 0 Å². The predicted molar refractivity (Wildman–Crippen MR) is 47.9 cm³/mol. The molecule has 0 bridgehead atoms. The topological polar surface area (TPSA) is 43.7 Å². The summed E-state index contributed by atoms with van der Waals surface area (Å²) in [6.45, 7) is 4.96. The molecule has 0 aliphatic carbocycles. The van der Waals surface area contributed by atoms with Gasteiger partial charge in [-0.25, -0.2) is 0 Å². The van der Waals surface area contributed by atoms with Crippen molar-refractivity contribution in [3.05, 3.63) is 0 Å². The molecule has 0 radical (unpaired) electrons. The molecule has 0 unspecified atom stereocenters. The van der Waals surface area contributed by atoms with E-state index in [1.807, 2.05) is 0 Å². The van der Waals surface area contributed by atoms with E-state index in [-0.39, 0.29) is 12.7 Å². The molecular weight excluding hydrogens is 154 g/mol. The van der Waals surface area contributed by atoms with Crippen LogP contribution in [-0.4, -0.2) is 47.5 Å². The number of hydrogen-bond donors (Lipinski definition) is 2. The standard InChI is InChI=1S/C9H19NO2/c1-2-8-7-10(5-6-11)4-3-9(8)12/h8-9,11-12H,2-7H2,1H3/t8-,9-/m0/s1. The molecule has 0 aromatic rings. The zero-order valence-electron chi connectivity index (χ0n) is 7.74. The van der Waals surface area contributed by atoms with Crippen molar-refractivity contribution in [1.82, 2.24) is 4.90 Å². The summed E-state index contributed by atoms with van der Waals surface area (Å²) in [4.78, 5) is 2.22. The lowest BCUT2D eigenvalue weighted by atomic mass is 9.92. The second-order valence-corrected chi connectivity index (χ2v) is 3.55. The Labute approximate surface area is 74.0 Å². The van der Waals surface area contributed by atoms with Gasteiger partial charge in [-0.1, -0.05) is 6.92 Å². The van der Waals surface area contributed by atoms with E-state index in [2.05, 4.69) is 11.8 Å². The maximum Gasteiger partial charge on any atom is 0.0592 e. The second kappa shape index (κ2) is 4.80. The number of aliphatic hydroxyl groups is 2. The Morgan fingerprint density at radius 1 is 1.50 bits per heavy atom. The van der Waals surface area contributed by atoms with Crippen LogP contribution in [-0.2, 0) is 0 Å². The van der Waals surface area contributed by atoms with Crippen LogP contribution >= 0.6 is 0 Å². The van der Waals surface area contributed by atoms with Gasteiger partial charge in [0.15, 0.2) is 0 Å². The lowest BCUT2D eigenvalue weighted by Gasteiger charge is -2.35. The molecule has 1 fully saturated rings. The van der Waals surface area contributed by atoms with Gasteiger partial charge in [-0.05, 0) is 18.8 Å². The molecule has 0 amide bonds. The average molecular weight is 173 g/mol. The Morgan fingerprint density at radius 2 is 2.25 bits per heavy atom. The van der Waals surface area contributed by atoms with Crippen LogP contribution in [0.15, 0.2) is 0 Å². The van der Waals surface area contributed by atoms with E-state index in [0.29, 0.717) is 5.92 Å². The highest BCUT2D eigenvalue weighted by molar-refractivity contribution is 4.78. The van der Waals surface area contributed by atoms with Crippen molar-refractivity contribution in [2.75, 3.05) is 26.2 Å². The summed E-state index contributed by atoms with van der Waals surface area (Å²) >= 11 is 0. The van der Waals surface area contributed by atoms with Crippen molar-refractivity contribution in [3.8, 4) is 0 Å². The zero-order chi connectivity index (χ0) is 8.97. The largest absolute Gasteiger partial charge is 0.395 e. The van der Waals surface area contributed by atoms with E-state index in [1.54, 1.807) is 0 Å². The zero-order valence-corrected chi connectivity index (χ0v) is 7.74. The number of piperidine rings is 1. The summed E-state index contributed by atoms with van der Waals surface area (Å²) in [7, 11) is 0. The minimum absolute atomic E-state index is 0.120. The van der Waals surface area contributed by atoms with Crippen LogP contribution in [0.1, 0.15) is 19.8 Å². The minimum atomic E-state index is -0.120. The molecule has 0 aromatic carbocycles. The summed E-state index contributed by atoms with van der Waals surface area (Å²) in [6.07, 6.45) is 1.77. The summed E-state index contributed by atoms with van der Waals surface area (Å²) in [5.41, 5.74) is 0.